The third kappa shape index (κ3) is 4.85. The van der Waals surface area contributed by atoms with Crippen LogP contribution in [0.25, 0.3) is 0 Å². The average Bonchev–Trinajstić information content (AvgIpc) is 2.30. The number of hydrogen-bond donors (Lipinski definition) is 2. The van der Waals surface area contributed by atoms with E-state index in [9.17, 15) is 4.79 Å². The molecule has 1 amide bonds. The van der Waals surface area contributed by atoms with Gasteiger partial charge in [-0.1, -0.05) is 20.8 Å². The molecule has 17 heavy (non-hydrogen) atoms. The molecule has 0 atom stereocenters. The minimum atomic E-state index is 0.00352. The highest BCUT2D eigenvalue weighted by Crippen LogP contribution is 2.17. The Morgan fingerprint density at radius 1 is 1.47 bits per heavy atom. The normalized spacial score (nSPS) is 11.2. The molecular weight excluding hydrogens is 214 g/mol. The number of rotatable bonds is 5. The van der Waals surface area contributed by atoms with Gasteiger partial charge in [0.25, 0.3) is 0 Å². The van der Waals surface area contributed by atoms with Gasteiger partial charge in [-0.2, -0.15) is 0 Å². The fourth-order valence-electron chi connectivity index (χ4n) is 1.23. The molecule has 0 saturated heterocycles. The number of amides is 1. The molecule has 0 aliphatic heterocycles. The first kappa shape index (κ1) is 13.5. The summed E-state index contributed by atoms with van der Waals surface area (Å²) in [6, 6.07) is 3.53. The second kappa shape index (κ2) is 5.66. The molecule has 4 heteroatoms. The molecular formula is C13H21N3O. The lowest BCUT2D eigenvalue weighted by Gasteiger charge is -2.22. The fraction of sp³-hybridized carbons (Fsp3) is 0.538. The lowest BCUT2D eigenvalue weighted by Crippen LogP contribution is -2.34. The average molecular weight is 235 g/mol. The predicted molar refractivity (Wildman–Crippen MR) is 69.4 cm³/mol. The van der Waals surface area contributed by atoms with Crippen LogP contribution in [0.3, 0.4) is 0 Å². The number of hydrogen-bond acceptors (Lipinski definition) is 3. The van der Waals surface area contributed by atoms with Crippen LogP contribution in [0.1, 0.15) is 32.9 Å². The summed E-state index contributed by atoms with van der Waals surface area (Å²) in [4.78, 5) is 15.8. The van der Waals surface area contributed by atoms with Crippen LogP contribution in [0, 0.1) is 5.41 Å². The van der Waals surface area contributed by atoms with Crippen LogP contribution in [0.4, 0.5) is 5.69 Å². The van der Waals surface area contributed by atoms with Crippen LogP contribution in [0.15, 0.2) is 18.3 Å². The van der Waals surface area contributed by atoms with Gasteiger partial charge in [-0.25, -0.2) is 0 Å². The minimum Gasteiger partial charge on any atom is -0.397 e. The van der Waals surface area contributed by atoms with E-state index >= 15 is 0 Å². The standard InChI is InChI=1S/C13H21N3O/c1-4-13(2,3)9-16-12(17)7-11-6-5-10(14)8-15-11/h5-6,8H,4,7,9,14H2,1-3H3,(H,16,17). The van der Waals surface area contributed by atoms with Gasteiger partial charge in [0.2, 0.25) is 5.91 Å². The monoisotopic (exact) mass is 235 g/mol. The summed E-state index contributed by atoms with van der Waals surface area (Å²) < 4.78 is 0. The zero-order valence-electron chi connectivity index (χ0n) is 10.8. The van der Waals surface area contributed by atoms with Gasteiger partial charge in [-0.05, 0) is 24.0 Å². The molecule has 1 aromatic rings. The minimum absolute atomic E-state index is 0.00352. The number of pyridine rings is 1. The first-order chi connectivity index (χ1) is 7.93. The molecule has 1 aromatic heterocycles. The van der Waals surface area contributed by atoms with Crippen molar-refractivity contribution in [1.82, 2.24) is 10.3 Å². The van der Waals surface area contributed by atoms with Crippen LogP contribution in [-0.4, -0.2) is 17.4 Å². The summed E-state index contributed by atoms with van der Waals surface area (Å²) in [6.45, 7) is 7.08. The molecule has 0 aliphatic rings. The summed E-state index contributed by atoms with van der Waals surface area (Å²) >= 11 is 0. The molecule has 0 aliphatic carbocycles. The summed E-state index contributed by atoms with van der Waals surface area (Å²) in [5.41, 5.74) is 7.03. The second-order valence-electron chi connectivity index (χ2n) is 5.05. The molecule has 1 rings (SSSR count). The van der Waals surface area contributed by atoms with E-state index in [1.807, 2.05) is 0 Å². The van der Waals surface area contributed by atoms with Gasteiger partial charge >= 0.3 is 0 Å². The second-order valence-corrected chi connectivity index (χ2v) is 5.05. The molecule has 0 saturated carbocycles. The highest BCUT2D eigenvalue weighted by Gasteiger charge is 2.16. The highest BCUT2D eigenvalue weighted by atomic mass is 16.1. The van der Waals surface area contributed by atoms with Gasteiger partial charge in [0.15, 0.2) is 0 Å². The van der Waals surface area contributed by atoms with Gasteiger partial charge in [0.05, 0.1) is 18.3 Å². The van der Waals surface area contributed by atoms with E-state index in [-0.39, 0.29) is 11.3 Å². The highest BCUT2D eigenvalue weighted by molar-refractivity contribution is 5.78. The molecule has 0 bridgehead atoms. The van der Waals surface area contributed by atoms with E-state index in [0.717, 1.165) is 12.1 Å². The molecule has 0 fully saturated rings. The Morgan fingerprint density at radius 3 is 2.71 bits per heavy atom. The van der Waals surface area contributed by atoms with Gasteiger partial charge < -0.3 is 11.1 Å². The zero-order valence-corrected chi connectivity index (χ0v) is 10.8. The lowest BCUT2D eigenvalue weighted by atomic mass is 9.90. The molecule has 4 nitrogen and oxygen atoms in total. The number of nitrogens with zero attached hydrogens (tertiary/aromatic N) is 1. The molecule has 0 spiro atoms. The van der Waals surface area contributed by atoms with Crippen molar-refractivity contribution in [2.75, 3.05) is 12.3 Å². The Morgan fingerprint density at radius 2 is 2.18 bits per heavy atom. The number of carbonyl (C=O) groups is 1. The third-order valence-electron chi connectivity index (χ3n) is 2.91. The van der Waals surface area contributed by atoms with Crippen molar-refractivity contribution in [1.29, 1.82) is 0 Å². The topological polar surface area (TPSA) is 68.0 Å². The Hall–Kier alpha value is -1.58. The molecule has 3 N–H and O–H groups in total. The fourth-order valence-corrected chi connectivity index (χ4v) is 1.23. The van der Waals surface area contributed by atoms with Crippen molar-refractivity contribution in [3.05, 3.63) is 24.0 Å². The Labute approximate surface area is 103 Å². The predicted octanol–water partition coefficient (Wildman–Crippen LogP) is 1.76. The van der Waals surface area contributed by atoms with Crippen LogP contribution in [0.5, 0.6) is 0 Å². The Balaban J connectivity index is 2.42. The maximum atomic E-state index is 11.7. The van der Waals surface area contributed by atoms with E-state index in [1.54, 1.807) is 18.3 Å². The van der Waals surface area contributed by atoms with Crippen molar-refractivity contribution in [2.45, 2.75) is 33.6 Å². The van der Waals surface area contributed by atoms with Gasteiger partial charge in [-0.3, -0.25) is 9.78 Å². The van der Waals surface area contributed by atoms with Crippen molar-refractivity contribution in [3.8, 4) is 0 Å². The van der Waals surface area contributed by atoms with Crippen molar-refractivity contribution in [3.63, 3.8) is 0 Å². The molecule has 1 heterocycles. The number of nitrogen functional groups attached to an aromatic ring is 1. The number of carbonyl (C=O) groups excluding carboxylic acids is 1. The Kier molecular flexibility index (Phi) is 4.49. The van der Waals surface area contributed by atoms with Crippen LogP contribution in [0.2, 0.25) is 0 Å². The van der Waals surface area contributed by atoms with E-state index in [2.05, 4.69) is 31.1 Å². The quantitative estimate of drug-likeness (QED) is 0.817. The van der Waals surface area contributed by atoms with E-state index in [1.165, 1.54) is 0 Å². The van der Waals surface area contributed by atoms with Gasteiger partial charge in [0.1, 0.15) is 0 Å². The number of nitrogens with one attached hydrogen (secondary N) is 1. The smallest absolute Gasteiger partial charge is 0.226 e. The summed E-state index contributed by atoms with van der Waals surface area (Å²) in [6.07, 6.45) is 2.91. The van der Waals surface area contributed by atoms with Gasteiger partial charge in [-0.15, -0.1) is 0 Å². The SMILES string of the molecule is CCC(C)(C)CNC(=O)Cc1ccc(N)cn1. The zero-order chi connectivity index (χ0) is 12.9. The maximum absolute atomic E-state index is 11.7. The molecule has 0 unspecified atom stereocenters. The number of aromatic nitrogens is 1. The summed E-state index contributed by atoms with van der Waals surface area (Å²) in [5.74, 6) is 0.00352. The molecule has 94 valence electrons. The third-order valence-corrected chi connectivity index (χ3v) is 2.91. The maximum Gasteiger partial charge on any atom is 0.226 e. The van der Waals surface area contributed by atoms with Crippen molar-refractivity contribution < 1.29 is 4.79 Å². The first-order valence-electron chi connectivity index (χ1n) is 5.90. The van der Waals surface area contributed by atoms with Crippen LogP contribution in [-0.2, 0) is 11.2 Å². The van der Waals surface area contributed by atoms with E-state index in [0.29, 0.717) is 18.7 Å². The number of nitrogens with two attached hydrogens (primary N) is 1. The summed E-state index contributed by atoms with van der Waals surface area (Å²) in [5, 5.41) is 2.93. The largest absolute Gasteiger partial charge is 0.397 e. The van der Waals surface area contributed by atoms with E-state index in [4.69, 9.17) is 5.73 Å². The van der Waals surface area contributed by atoms with Gasteiger partial charge in [0, 0.05) is 12.2 Å². The van der Waals surface area contributed by atoms with Crippen molar-refractivity contribution >= 4 is 11.6 Å². The summed E-state index contributed by atoms with van der Waals surface area (Å²) in [7, 11) is 0. The van der Waals surface area contributed by atoms with Crippen molar-refractivity contribution in [2.24, 2.45) is 5.41 Å². The Bertz CT molecular complexity index is 371. The lowest BCUT2D eigenvalue weighted by molar-refractivity contribution is -0.120. The van der Waals surface area contributed by atoms with E-state index < -0.39 is 0 Å². The van der Waals surface area contributed by atoms with Crippen LogP contribution < -0.4 is 11.1 Å². The molecule has 0 radical (unpaired) electrons. The molecule has 0 aromatic carbocycles. The van der Waals surface area contributed by atoms with Crippen LogP contribution >= 0.6 is 0 Å². The number of anilines is 1. The first-order valence-corrected chi connectivity index (χ1v) is 5.90.